The number of ether oxygens (including phenoxy) is 1. The average Bonchev–Trinajstić information content (AvgIpc) is 2.93. The van der Waals surface area contributed by atoms with Crippen molar-refractivity contribution in [3.05, 3.63) is 47.8 Å². The lowest BCUT2D eigenvalue weighted by Crippen LogP contribution is -2.04. The number of methoxy groups -OCH3 is 1. The molecule has 1 aromatic carbocycles. The van der Waals surface area contributed by atoms with Gasteiger partial charge in [0.2, 0.25) is 0 Å². The van der Waals surface area contributed by atoms with Gasteiger partial charge in [-0.25, -0.2) is 0 Å². The predicted octanol–water partition coefficient (Wildman–Crippen LogP) is 3.27. The Morgan fingerprint density at radius 2 is 2.10 bits per heavy atom. The molecule has 20 heavy (non-hydrogen) atoms. The highest BCUT2D eigenvalue weighted by molar-refractivity contribution is 5.51. The number of nitrogens with one attached hydrogen (secondary N) is 1. The second kappa shape index (κ2) is 7.10. The van der Waals surface area contributed by atoms with E-state index in [1.54, 1.807) is 7.11 Å². The minimum Gasteiger partial charge on any atom is -0.384 e. The van der Waals surface area contributed by atoms with Crippen molar-refractivity contribution in [2.75, 3.05) is 19.0 Å². The van der Waals surface area contributed by atoms with Crippen molar-refractivity contribution >= 4 is 5.69 Å². The van der Waals surface area contributed by atoms with Gasteiger partial charge in [-0.2, -0.15) is 5.10 Å². The number of nitrogens with zero attached hydrogens (tertiary/aromatic N) is 2. The SMILES string of the molecule is COCCc1ccccc1NCc1cnn(C(C)C)c1. The van der Waals surface area contributed by atoms with Gasteiger partial charge in [0.25, 0.3) is 0 Å². The smallest absolute Gasteiger partial charge is 0.0539 e. The fourth-order valence-electron chi connectivity index (χ4n) is 2.07. The van der Waals surface area contributed by atoms with Crippen molar-refractivity contribution in [1.82, 2.24) is 9.78 Å². The molecule has 0 aliphatic rings. The van der Waals surface area contributed by atoms with E-state index in [0.717, 1.165) is 19.6 Å². The second-order valence-corrected chi connectivity index (χ2v) is 5.18. The van der Waals surface area contributed by atoms with E-state index in [1.165, 1.54) is 16.8 Å². The van der Waals surface area contributed by atoms with Crippen LogP contribution in [0.5, 0.6) is 0 Å². The zero-order valence-electron chi connectivity index (χ0n) is 12.5. The van der Waals surface area contributed by atoms with Crippen molar-refractivity contribution in [2.45, 2.75) is 32.9 Å². The van der Waals surface area contributed by atoms with Gasteiger partial charge in [-0.05, 0) is 31.9 Å². The number of anilines is 1. The Bertz CT molecular complexity index is 534. The number of benzene rings is 1. The van der Waals surface area contributed by atoms with Crippen LogP contribution in [0.3, 0.4) is 0 Å². The van der Waals surface area contributed by atoms with Gasteiger partial charge in [-0.1, -0.05) is 18.2 Å². The van der Waals surface area contributed by atoms with E-state index in [2.05, 4.69) is 54.7 Å². The maximum atomic E-state index is 5.15. The summed E-state index contributed by atoms with van der Waals surface area (Å²) in [5.41, 5.74) is 3.65. The Labute approximate surface area is 120 Å². The summed E-state index contributed by atoms with van der Waals surface area (Å²) >= 11 is 0. The molecule has 0 saturated carbocycles. The Balaban J connectivity index is 1.99. The second-order valence-electron chi connectivity index (χ2n) is 5.18. The van der Waals surface area contributed by atoms with Gasteiger partial charge < -0.3 is 10.1 Å². The highest BCUT2D eigenvalue weighted by Gasteiger charge is 2.04. The molecular weight excluding hydrogens is 250 g/mol. The van der Waals surface area contributed by atoms with Crippen LogP contribution < -0.4 is 5.32 Å². The maximum absolute atomic E-state index is 5.15. The standard InChI is InChI=1S/C16H23N3O/c1-13(2)19-12-14(11-18-19)10-17-16-7-5-4-6-15(16)8-9-20-3/h4-7,11-13,17H,8-10H2,1-3H3. The number of hydrogen-bond donors (Lipinski definition) is 1. The first-order chi connectivity index (χ1) is 9.70. The summed E-state index contributed by atoms with van der Waals surface area (Å²) in [7, 11) is 1.73. The zero-order valence-corrected chi connectivity index (χ0v) is 12.5. The molecule has 0 bridgehead atoms. The molecule has 0 spiro atoms. The maximum Gasteiger partial charge on any atom is 0.0539 e. The van der Waals surface area contributed by atoms with Gasteiger partial charge >= 0.3 is 0 Å². The lowest BCUT2D eigenvalue weighted by molar-refractivity contribution is 0.202. The molecule has 0 aliphatic heterocycles. The minimum absolute atomic E-state index is 0.401. The topological polar surface area (TPSA) is 39.1 Å². The molecule has 0 fully saturated rings. The van der Waals surface area contributed by atoms with Gasteiger partial charge in [0.15, 0.2) is 0 Å². The van der Waals surface area contributed by atoms with E-state index in [1.807, 2.05) is 10.9 Å². The summed E-state index contributed by atoms with van der Waals surface area (Å²) in [6, 6.07) is 8.76. The Hall–Kier alpha value is -1.81. The molecule has 1 heterocycles. The molecule has 4 heteroatoms. The molecule has 1 aromatic heterocycles. The first-order valence-corrected chi connectivity index (χ1v) is 7.04. The fourth-order valence-corrected chi connectivity index (χ4v) is 2.07. The van der Waals surface area contributed by atoms with Crippen LogP contribution >= 0.6 is 0 Å². The quantitative estimate of drug-likeness (QED) is 0.841. The normalized spacial score (nSPS) is 11.0. The van der Waals surface area contributed by atoms with Crippen LogP contribution in [0.15, 0.2) is 36.7 Å². The van der Waals surface area contributed by atoms with Crippen LogP contribution in [0.1, 0.15) is 31.0 Å². The van der Waals surface area contributed by atoms with Crippen molar-refractivity contribution in [1.29, 1.82) is 0 Å². The Morgan fingerprint density at radius 3 is 2.80 bits per heavy atom. The third-order valence-corrected chi connectivity index (χ3v) is 3.26. The van der Waals surface area contributed by atoms with Crippen LogP contribution in [0, 0.1) is 0 Å². The summed E-state index contributed by atoms with van der Waals surface area (Å²) in [5, 5.41) is 7.84. The van der Waals surface area contributed by atoms with E-state index in [-0.39, 0.29) is 0 Å². The van der Waals surface area contributed by atoms with Crippen LogP contribution in [0.4, 0.5) is 5.69 Å². The molecule has 0 aliphatic carbocycles. The predicted molar refractivity (Wildman–Crippen MR) is 82.0 cm³/mol. The van der Waals surface area contributed by atoms with Crippen LogP contribution in [-0.4, -0.2) is 23.5 Å². The molecular formula is C16H23N3O. The van der Waals surface area contributed by atoms with Gasteiger partial charge in [0, 0.05) is 37.1 Å². The van der Waals surface area contributed by atoms with Gasteiger partial charge in [0.1, 0.15) is 0 Å². The minimum atomic E-state index is 0.401. The lowest BCUT2D eigenvalue weighted by atomic mass is 10.1. The summed E-state index contributed by atoms with van der Waals surface area (Å²) in [6.07, 6.45) is 4.94. The highest BCUT2D eigenvalue weighted by Crippen LogP contribution is 2.17. The summed E-state index contributed by atoms with van der Waals surface area (Å²) in [6.45, 7) is 5.79. The van der Waals surface area contributed by atoms with Crippen molar-refractivity contribution in [2.24, 2.45) is 0 Å². The van der Waals surface area contributed by atoms with E-state index in [9.17, 15) is 0 Å². The molecule has 0 atom stereocenters. The molecule has 1 N–H and O–H groups in total. The molecule has 0 radical (unpaired) electrons. The Kier molecular flexibility index (Phi) is 5.18. The number of rotatable bonds is 7. The third kappa shape index (κ3) is 3.84. The van der Waals surface area contributed by atoms with E-state index in [0.29, 0.717) is 6.04 Å². The summed E-state index contributed by atoms with van der Waals surface area (Å²) in [4.78, 5) is 0. The number of hydrogen-bond acceptors (Lipinski definition) is 3. The van der Waals surface area contributed by atoms with Crippen molar-refractivity contribution in [3.63, 3.8) is 0 Å². The van der Waals surface area contributed by atoms with Gasteiger partial charge in [0.05, 0.1) is 12.8 Å². The van der Waals surface area contributed by atoms with Crippen molar-refractivity contribution in [3.8, 4) is 0 Å². The number of aromatic nitrogens is 2. The fraction of sp³-hybridized carbons (Fsp3) is 0.438. The first kappa shape index (κ1) is 14.6. The average molecular weight is 273 g/mol. The highest BCUT2D eigenvalue weighted by atomic mass is 16.5. The van der Waals surface area contributed by atoms with E-state index in [4.69, 9.17) is 4.74 Å². The Morgan fingerprint density at radius 1 is 1.30 bits per heavy atom. The van der Waals surface area contributed by atoms with Gasteiger partial charge in [-0.15, -0.1) is 0 Å². The van der Waals surface area contributed by atoms with Crippen molar-refractivity contribution < 1.29 is 4.74 Å². The lowest BCUT2D eigenvalue weighted by Gasteiger charge is -2.11. The molecule has 108 valence electrons. The third-order valence-electron chi connectivity index (χ3n) is 3.26. The van der Waals surface area contributed by atoms with Gasteiger partial charge in [-0.3, -0.25) is 4.68 Å². The van der Waals surface area contributed by atoms with Crippen LogP contribution in [0.25, 0.3) is 0 Å². The molecule has 2 rings (SSSR count). The molecule has 4 nitrogen and oxygen atoms in total. The van der Waals surface area contributed by atoms with E-state index >= 15 is 0 Å². The van der Waals surface area contributed by atoms with E-state index < -0.39 is 0 Å². The molecule has 0 unspecified atom stereocenters. The molecule has 0 amide bonds. The first-order valence-electron chi connectivity index (χ1n) is 7.04. The zero-order chi connectivity index (χ0) is 14.4. The molecule has 2 aromatic rings. The number of para-hydroxylation sites is 1. The summed E-state index contributed by atoms with van der Waals surface area (Å²) in [5.74, 6) is 0. The largest absolute Gasteiger partial charge is 0.384 e. The summed E-state index contributed by atoms with van der Waals surface area (Å²) < 4.78 is 7.13. The van der Waals surface area contributed by atoms with Crippen LogP contribution in [0.2, 0.25) is 0 Å². The molecule has 0 saturated heterocycles. The monoisotopic (exact) mass is 273 g/mol. The van der Waals surface area contributed by atoms with Crippen LogP contribution in [-0.2, 0) is 17.7 Å².